The highest BCUT2D eigenvalue weighted by Crippen LogP contribution is 2.37. The summed E-state index contributed by atoms with van der Waals surface area (Å²) in [5.74, 6) is -9.90. The van der Waals surface area contributed by atoms with Gasteiger partial charge < -0.3 is 60.0 Å². The fourth-order valence-electron chi connectivity index (χ4n) is 14.0. The number of nitrogens with zero attached hydrogens (tertiary/aromatic N) is 10. The van der Waals surface area contributed by atoms with Crippen LogP contribution in [0.2, 0.25) is 5.02 Å². The molecule has 0 bridgehead atoms. The summed E-state index contributed by atoms with van der Waals surface area (Å²) < 4.78 is 42.0. The number of carbonyl (C=O) groups is 12. The molecule has 578 valence electrons. The van der Waals surface area contributed by atoms with E-state index in [1.807, 2.05) is 46.8 Å². The van der Waals surface area contributed by atoms with Crippen LogP contribution >= 0.6 is 11.6 Å². The molecule has 1 aliphatic carbocycles. The number of halogens is 4. The molecule has 0 unspecified atom stereocenters. The number of aromatic nitrogens is 1. The predicted molar refractivity (Wildman–Crippen MR) is 390 cm³/mol. The topological polar surface area (TPSA) is 283 Å². The molecule has 6 rings (SSSR count). The van der Waals surface area contributed by atoms with Crippen molar-refractivity contribution in [1.82, 2.24) is 65.0 Å². The van der Waals surface area contributed by atoms with Crippen molar-refractivity contribution in [3.63, 3.8) is 0 Å². The van der Waals surface area contributed by atoms with E-state index in [0.717, 1.165) is 32.4 Å². The molecule has 3 heterocycles. The van der Waals surface area contributed by atoms with Crippen LogP contribution in [0, 0.1) is 24.7 Å². The monoisotopic (exact) mass is 1490 g/mol. The molecule has 3 N–H and O–H groups in total. The third kappa shape index (κ3) is 20.9. The summed E-state index contributed by atoms with van der Waals surface area (Å²) in [4.78, 5) is 196. The van der Waals surface area contributed by atoms with Crippen LogP contribution in [0.1, 0.15) is 147 Å². The minimum absolute atomic E-state index is 0.0649. The minimum atomic E-state index is -4.79. The molecule has 29 heteroatoms. The third-order valence-electron chi connectivity index (χ3n) is 21.5. The molecule has 12 amide bonds. The molecule has 1 saturated carbocycles. The zero-order valence-corrected chi connectivity index (χ0v) is 64.7. The SMILES string of the molecule is CC[C@H](C)[C@@H]1NC(=O)[C@H](CC(C)C)N(C)C(=O)C[C@@H](C(=O)N(C)C)N(C)C(=O)[C@H]([C@@H](C)CC)N(C)C(=O)C2(CCCC2)NC(=O)[C@H](CCc2ccncc2)N(C)C(=O)[C@H](CCc2ccc(C(F)(F)F)c(Cl)c2)NC(=O)CN(C)C(=O)[C@H](Cc2ccc(C)cc2)N(C)C(=O)[C@@H]2CCN2C(=O)[C@H](C)N(C)C1=O. The average Bonchev–Trinajstić information content (AvgIpc) is 1.70. The van der Waals surface area contributed by atoms with Crippen LogP contribution in [0.3, 0.4) is 0 Å². The number of aryl methyl sites for hydroxylation is 3. The lowest BCUT2D eigenvalue weighted by molar-refractivity contribution is -0.160. The second kappa shape index (κ2) is 37.0. The molecule has 2 saturated heterocycles. The number of carbonyl (C=O) groups excluding carboxylic acids is 12. The summed E-state index contributed by atoms with van der Waals surface area (Å²) in [7, 11) is 12.6. The van der Waals surface area contributed by atoms with Crippen LogP contribution in [0.4, 0.5) is 13.2 Å². The van der Waals surface area contributed by atoms with Crippen LogP contribution in [0.15, 0.2) is 67.0 Å². The van der Waals surface area contributed by atoms with Gasteiger partial charge in [-0.15, -0.1) is 0 Å². The van der Waals surface area contributed by atoms with Gasteiger partial charge in [-0.3, -0.25) is 62.5 Å². The normalized spacial score (nSPS) is 24.7. The van der Waals surface area contributed by atoms with Crippen molar-refractivity contribution in [2.24, 2.45) is 17.8 Å². The van der Waals surface area contributed by atoms with E-state index in [2.05, 4.69) is 20.9 Å². The lowest BCUT2D eigenvalue weighted by Gasteiger charge is -2.45. The zero-order valence-electron chi connectivity index (χ0n) is 64.0. The maximum Gasteiger partial charge on any atom is 0.417 e. The maximum atomic E-state index is 15.7. The van der Waals surface area contributed by atoms with E-state index >= 15 is 24.0 Å². The number of fused-ring (bicyclic) bond motifs is 1. The van der Waals surface area contributed by atoms with Crippen molar-refractivity contribution in [2.75, 3.05) is 76.5 Å². The van der Waals surface area contributed by atoms with Crippen molar-refractivity contribution in [3.05, 3.63) is 99.8 Å². The average molecular weight is 1490 g/mol. The van der Waals surface area contributed by atoms with E-state index in [0.29, 0.717) is 36.8 Å². The van der Waals surface area contributed by atoms with Gasteiger partial charge in [-0.05, 0) is 124 Å². The molecule has 1 spiro atoms. The number of rotatable bonds is 15. The highest BCUT2D eigenvalue weighted by Gasteiger charge is 2.51. The van der Waals surface area contributed by atoms with Crippen molar-refractivity contribution in [2.45, 2.75) is 211 Å². The second-order valence-corrected chi connectivity index (χ2v) is 30.0. The first-order valence-corrected chi connectivity index (χ1v) is 36.7. The van der Waals surface area contributed by atoms with Crippen LogP contribution in [0.5, 0.6) is 0 Å². The Morgan fingerprint density at radius 3 is 1.80 bits per heavy atom. The van der Waals surface area contributed by atoms with Gasteiger partial charge in [0.25, 0.3) is 0 Å². The second-order valence-electron chi connectivity index (χ2n) is 29.6. The zero-order chi connectivity index (χ0) is 78.4. The fraction of sp³-hybridized carbons (Fsp3) is 0.618. The summed E-state index contributed by atoms with van der Waals surface area (Å²) in [5, 5.41) is 8.08. The summed E-state index contributed by atoms with van der Waals surface area (Å²) in [6.07, 6.45) is -0.645. The number of pyridine rings is 1. The molecular weight excluding hydrogens is 1380 g/mol. The molecule has 25 nitrogen and oxygen atoms in total. The third-order valence-corrected chi connectivity index (χ3v) is 21.8. The number of hydrogen-bond acceptors (Lipinski definition) is 13. The number of likely N-dealkylation sites (N-methyl/N-ethyl adjacent to an activating group) is 8. The van der Waals surface area contributed by atoms with Gasteiger partial charge in [0.1, 0.15) is 59.9 Å². The van der Waals surface area contributed by atoms with Crippen molar-refractivity contribution < 1.29 is 70.7 Å². The number of hydrogen-bond donors (Lipinski definition) is 3. The van der Waals surface area contributed by atoms with Gasteiger partial charge in [-0.2, -0.15) is 13.2 Å². The fourth-order valence-corrected chi connectivity index (χ4v) is 14.3. The van der Waals surface area contributed by atoms with Crippen molar-refractivity contribution >= 4 is 82.5 Å². The quantitative estimate of drug-likeness (QED) is 0.159. The van der Waals surface area contributed by atoms with Crippen LogP contribution in [-0.2, 0) is 83.0 Å². The lowest BCUT2D eigenvalue weighted by atomic mass is 9.90. The minimum Gasteiger partial charge on any atom is -0.347 e. The molecule has 105 heavy (non-hydrogen) atoms. The van der Waals surface area contributed by atoms with Gasteiger partial charge >= 0.3 is 6.18 Å². The Bertz CT molecular complexity index is 3620. The number of nitrogens with one attached hydrogen (secondary N) is 3. The van der Waals surface area contributed by atoms with Gasteiger partial charge in [-0.25, -0.2) is 0 Å². The maximum absolute atomic E-state index is 15.7. The van der Waals surface area contributed by atoms with E-state index in [-0.39, 0.29) is 75.8 Å². The molecule has 11 atom stereocenters. The van der Waals surface area contributed by atoms with Crippen LogP contribution in [-0.4, -0.2) is 256 Å². The number of amides is 12. The van der Waals surface area contributed by atoms with Gasteiger partial charge in [0, 0.05) is 88.8 Å². The standard InChI is InChI=1S/C76H109ClF3N13O12/c1-18-47(6)63-72(103)87(12)49(8)67(98)93-39-34-57(93)71(102)90(15)59(42-52-24-22-46(5)23-25-52)70(101)86(11)44-61(94)82-55(30-27-51-26-29-53(54(77)41-51)76(78,79)80)68(99)89(14)56(31-28-50-32-37-81-38-33-50)66(97)84-75(35-20-21-36-75)74(105)92(17)64(48(7)19-2)73(104)91(16)60(69(100)85(9)10)43-62(95)88(13)58(40-45(3)4)65(96)83-63/h22-26,29,32-33,37-38,41,45,47-49,55-60,63-64H,18-21,27-28,30-31,34-36,39-40,42-44H2,1-17H3,(H,82,94)(H,83,96)(H,84,97)/t47-,48-,49-,55-,56-,57-,58-,59-,60-,63-,64-/m0/s1. The Labute approximate surface area is 621 Å². The summed E-state index contributed by atoms with van der Waals surface area (Å²) in [5.41, 5.74) is -0.272. The van der Waals surface area contributed by atoms with E-state index in [1.54, 1.807) is 50.5 Å². The summed E-state index contributed by atoms with van der Waals surface area (Å²) in [6, 6.07) is 1.90. The molecule has 3 fully saturated rings. The summed E-state index contributed by atoms with van der Waals surface area (Å²) in [6.45, 7) is 13.6. The van der Waals surface area contributed by atoms with Crippen molar-refractivity contribution in [1.29, 1.82) is 0 Å². The first-order valence-electron chi connectivity index (χ1n) is 36.3. The molecule has 1 aromatic heterocycles. The molecular formula is C76H109ClF3N13O12. The Hall–Kier alpha value is -8.69. The lowest BCUT2D eigenvalue weighted by Crippen LogP contribution is -2.65. The van der Waals surface area contributed by atoms with E-state index in [1.165, 1.54) is 106 Å². The number of benzene rings is 2. The first-order chi connectivity index (χ1) is 49.2. The van der Waals surface area contributed by atoms with Gasteiger partial charge in [0.05, 0.1) is 23.6 Å². The first kappa shape index (κ1) is 85.2. The molecule has 3 aromatic rings. The van der Waals surface area contributed by atoms with Crippen LogP contribution in [0.25, 0.3) is 0 Å². The van der Waals surface area contributed by atoms with Gasteiger partial charge in [0.2, 0.25) is 70.9 Å². The Balaban J connectivity index is 1.50. The molecule has 2 aromatic carbocycles. The number of alkyl halides is 3. The Kier molecular flexibility index (Phi) is 30.1. The smallest absolute Gasteiger partial charge is 0.347 e. The highest BCUT2D eigenvalue weighted by molar-refractivity contribution is 6.31. The van der Waals surface area contributed by atoms with E-state index < -0.39 is 172 Å². The van der Waals surface area contributed by atoms with Crippen molar-refractivity contribution in [3.8, 4) is 0 Å². The Morgan fingerprint density at radius 2 is 1.25 bits per heavy atom. The highest BCUT2D eigenvalue weighted by atomic mass is 35.5. The molecule has 3 aliphatic rings. The van der Waals surface area contributed by atoms with Crippen LogP contribution < -0.4 is 16.0 Å². The van der Waals surface area contributed by atoms with E-state index in [4.69, 9.17) is 11.6 Å². The predicted octanol–water partition coefficient (Wildman–Crippen LogP) is 5.94. The molecule has 0 radical (unpaired) electrons. The Morgan fingerprint density at radius 1 is 0.657 bits per heavy atom. The molecule has 2 aliphatic heterocycles. The summed E-state index contributed by atoms with van der Waals surface area (Å²) >= 11 is 6.20. The van der Waals surface area contributed by atoms with E-state index in [9.17, 15) is 46.7 Å². The van der Waals surface area contributed by atoms with Gasteiger partial charge in [-0.1, -0.05) is 115 Å². The van der Waals surface area contributed by atoms with Gasteiger partial charge in [0.15, 0.2) is 0 Å². The largest absolute Gasteiger partial charge is 0.417 e.